The van der Waals surface area contributed by atoms with Gasteiger partial charge in [-0.05, 0) is 25.5 Å². The Hall–Kier alpha value is -0.940. The molecular formula is C15H20BrFO3. The van der Waals surface area contributed by atoms with Crippen LogP contribution in [0, 0.1) is 11.7 Å². The third-order valence-corrected chi connectivity index (χ3v) is 3.98. The molecule has 0 amide bonds. The molecule has 0 saturated carbocycles. The molecule has 2 atom stereocenters. The van der Waals surface area contributed by atoms with Gasteiger partial charge in [-0.2, -0.15) is 0 Å². The van der Waals surface area contributed by atoms with Gasteiger partial charge in [0.2, 0.25) is 0 Å². The molecule has 0 fully saturated rings. The number of hydrogen-bond donors (Lipinski definition) is 1. The van der Waals surface area contributed by atoms with Crippen molar-refractivity contribution in [3.05, 3.63) is 34.1 Å². The first kappa shape index (κ1) is 17.1. The summed E-state index contributed by atoms with van der Waals surface area (Å²) in [5.41, 5.74) is -1.50. The zero-order valence-corrected chi connectivity index (χ0v) is 13.5. The molecule has 0 aliphatic carbocycles. The van der Waals surface area contributed by atoms with Crippen LogP contribution in [0.25, 0.3) is 0 Å². The number of carbonyl (C=O) groups is 1. The number of halogens is 2. The van der Waals surface area contributed by atoms with E-state index in [9.17, 15) is 14.3 Å². The van der Waals surface area contributed by atoms with Gasteiger partial charge in [0, 0.05) is 10.0 Å². The van der Waals surface area contributed by atoms with E-state index in [2.05, 4.69) is 15.9 Å². The number of unbranched alkanes of at least 4 members (excludes halogenated alkanes) is 1. The Balaban J connectivity index is 3.16. The fourth-order valence-electron chi connectivity index (χ4n) is 2.27. The van der Waals surface area contributed by atoms with Crippen LogP contribution in [0.2, 0.25) is 0 Å². The third-order valence-electron chi connectivity index (χ3n) is 3.49. The molecule has 112 valence electrons. The van der Waals surface area contributed by atoms with Gasteiger partial charge in [0.25, 0.3) is 0 Å². The summed E-state index contributed by atoms with van der Waals surface area (Å²) >= 11 is 3.17. The summed E-state index contributed by atoms with van der Waals surface area (Å²) in [6.45, 7) is 3.44. The molecule has 1 aromatic carbocycles. The summed E-state index contributed by atoms with van der Waals surface area (Å²) in [6.07, 6.45) is 2.09. The van der Waals surface area contributed by atoms with Crippen molar-refractivity contribution in [2.24, 2.45) is 5.92 Å². The molecule has 0 spiro atoms. The quantitative estimate of drug-likeness (QED) is 0.797. The molecule has 0 aromatic heterocycles. The zero-order valence-electron chi connectivity index (χ0n) is 12.0. The number of esters is 1. The molecule has 0 radical (unpaired) electrons. The van der Waals surface area contributed by atoms with Crippen molar-refractivity contribution in [2.45, 2.75) is 38.7 Å². The number of carbonyl (C=O) groups excluding carboxylic acids is 1. The SMILES string of the molecule is CCCCC(C(=O)OC)C(C)(O)c1ccc(Br)cc1F. The van der Waals surface area contributed by atoms with E-state index in [1.165, 1.54) is 26.2 Å². The summed E-state index contributed by atoms with van der Waals surface area (Å²) in [7, 11) is 1.27. The van der Waals surface area contributed by atoms with E-state index in [-0.39, 0.29) is 5.56 Å². The van der Waals surface area contributed by atoms with Crippen LogP contribution in [-0.2, 0) is 15.1 Å². The number of ether oxygens (including phenoxy) is 1. The van der Waals surface area contributed by atoms with Gasteiger partial charge in [0.1, 0.15) is 11.4 Å². The minimum absolute atomic E-state index is 0.104. The summed E-state index contributed by atoms with van der Waals surface area (Å²) in [5, 5.41) is 10.7. The number of aliphatic hydroxyl groups is 1. The van der Waals surface area contributed by atoms with E-state index in [4.69, 9.17) is 4.74 Å². The van der Waals surface area contributed by atoms with E-state index < -0.39 is 23.3 Å². The largest absolute Gasteiger partial charge is 0.469 e. The van der Waals surface area contributed by atoms with Gasteiger partial charge in [-0.15, -0.1) is 0 Å². The highest BCUT2D eigenvalue weighted by Gasteiger charge is 2.40. The normalized spacial score (nSPS) is 15.5. The van der Waals surface area contributed by atoms with E-state index in [1.54, 1.807) is 6.07 Å². The van der Waals surface area contributed by atoms with E-state index >= 15 is 0 Å². The second-order valence-corrected chi connectivity index (χ2v) is 5.91. The average molecular weight is 347 g/mol. The predicted octanol–water partition coefficient (Wildman–Crippen LogP) is 3.78. The maximum absolute atomic E-state index is 14.1. The standard InChI is InChI=1S/C15H20BrFO3/c1-4-5-6-12(14(18)20-3)15(2,19)11-8-7-10(16)9-13(11)17/h7-9,12,19H,4-6H2,1-3H3. The first-order chi connectivity index (χ1) is 9.34. The van der Waals surface area contributed by atoms with Crippen LogP contribution in [0.1, 0.15) is 38.7 Å². The molecular weight excluding hydrogens is 327 g/mol. The van der Waals surface area contributed by atoms with Crippen molar-refractivity contribution < 1.29 is 19.0 Å². The molecule has 1 rings (SSSR count). The smallest absolute Gasteiger partial charge is 0.311 e. The molecule has 0 aliphatic heterocycles. The monoisotopic (exact) mass is 346 g/mol. The lowest BCUT2D eigenvalue weighted by molar-refractivity contribution is -0.156. The molecule has 5 heteroatoms. The highest BCUT2D eigenvalue weighted by atomic mass is 79.9. The van der Waals surface area contributed by atoms with Gasteiger partial charge in [-0.1, -0.05) is 41.8 Å². The Bertz CT molecular complexity index is 474. The number of hydrogen-bond acceptors (Lipinski definition) is 3. The summed E-state index contributed by atoms with van der Waals surface area (Å²) < 4.78 is 19.4. The molecule has 0 bridgehead atoms. The average Bonchev–Trinajstić information content (AvgIpc) is 2.38. The van der Waals surface area contributed by atoms with Crippen LogP contribution < -0.4 is 0 Å². The fraction of sp³-hybridized carbons (Fsp3) is 0.533. The first-order valence-corrected chi connectivity index (χ1v) is 7.39. The Labute approximate surface area is 127 Å². The van der Waals surface area contributed by atoms with Crippen molar-refractivity contribution >= 4 is 21.9 Å². The van der Waals surface area contributed by atoms with Crippen molar-refractivity contribution in [3.63, 3.8) is 0 Å². The lowest BCUT2D eigenvalue weighted by Gasteiger charge is -2.31. The first-order valence-electron chi connectivity index (χ1n) is 6.60. The van der Waals surface area contributed by atoms with Gasteiger partial charge in [0.05, 0.1) is 13.0 Å². The minimum atomic E-state index is -1.60. The Morgan fingerprint density at radius 1 is 1.55 bits per heavy atom. The molecule has 1 N–H and O–H groups in total. The van der Waals surface area contributed by atoms with Crippen molar-refractivity contribution in [3.8, 4) is 0 Å². The van der Waals surface area contributed by atoms with Gasteiger partial charge < -0.3 is 9.84 Å². The van der Waals surface area contributed by atoms with Crippen LogP contribution in [0.4, 0.5) is 4.39 Å². The highest BCUT2D eigenvalue weighted by molar-refractivity contribution is 9.10. The van der Waals surface area contributed by atoms with Crippen molar-refractivity contribution in [2.75, 3.05) is 7.11 Å². The van der Waals surface area contributed by atoms with Crippen molar-refractivity contribution in [1.82, 2.24) is 0 Å². The van der Waals surface area contributed by atoms with Crippen LogP contribution in [-0.4, -0.2) is 18.2 Å². The van der Waals surface area contributed by atoms with Gasteiger partial charge >= 0.3 is 5.97 Å². The summed E-state index contributed by atoms with van der Waals surface area (Å²) in [6, 6.07) is 4.40. The number of methoxy groups -OCH3 is 1. The minimum Gasteiger partial charge on any atom is -0.469 e. The van der Waals surface area contributed by atoms with Crippen LogP contribution in [0.3, 0.4) is 0 Å². The van der Waals surface area contributed by atoms with E-state index in [0.29, 0.717) is 10.9 Å². The molecule has 1 aromatic rings. The lowest BCUT2D eigenvalue weighted by atomic mass is 9.79. The van der Waals surface area contributed by atoms with Crippen molar-refractivity contribution in [1.29, 1.82) is 0 Å². The number of benzene rings is 1. The van der Waals surface area contributed by atoms with Crippen LogP contribution in [0.15, 0.2) is 22.7 Å². The topological polar surface area (TPSA) is 46.5 Å². The van der Waals surface area contributed by atoms with Gasteiger partial charge in [-0.3, -0.25) is 4.79 Å². The molecule has 3 nitrogen and oxygen atoms in total. The molecule has 0 heterocycles. The maximum atomic E-state index is 14.1. The Kier molecular flexibility index (Phi) is 6.14. The van der Waals surface area contributed by atoms with E-state index in [0.717, 1.165) is 12.8 Å². The Morgan fingerprint density at radius 3 is 2.70 bits per heavy atom. The summed E-state index contributed by atoms with van der Waals surface area (Å²) in [4.78, 5) is 11.9. The second-order valence-electron chi connectivity index (χ2n) is 4.99. The molecule has 2 unspecified atom stereocenters. The predicted molar refractivity (Wildman–Crippen MR) is 78.7 cm³/mol. The van der Waals surface area contributed by atoms with Crippen LogP contribution >= 0.6 is 15.9 Å². The maximum Gasteiger partial charge on any atom is 0.311 e. The highest BCUT2D eigenvalue weighted by Crippen LogP contribution is 2.36. The van der Waals surface area contributed by atoms with Gasteiger partial charge in [0.15, 0.2) is 0 Å². The molecule has 20 heavy (non-hydrogen) atoms. The van der Waals surface area contributed by atoms with Gasteiger partial charge in [-0.25, -0.2) is 4.39 Å². The Morgan fingerprint density at radius 2 is 2.20 bits per heavy atom. The second kappa shape index (κ2) is 7.18. The lowest BCUT2D eigenvalue weighted by Crippen LogP contribution is -2.38. The van der Waals surface area contributed by atoms with E-state index in [1.807, 2.05) is 6.92 Å². The fourth-order valence-corrected chi connectivity index (χ4v) is 2.60. The number of rotatable bonds is 6. The third kappa shape index (κ3) is 3.79. The van der Waals surface area contributed by atoms with Crippen LogP contribution in [0.5, 0.6) is 0 Å². The summed E-state index contributed by atoms with van der Waals surface area (Å²) in [5.74, 6) is -1.86. The molecule has 0 aliphatic rings. The zero-order chi connectivity index (χ0) is 15.3. The molecule has 0 saturated heterocycles.